The fourth-order valence-corrected chi connectivity index (χ4v) is 2.59. The van der Waals surface area contributed by atoms with E-state index in [-0.39, 0.29) is 0 Å². The number of anilines is 1. The van der Waals surface area contributed by atoms with Gasteiger partial charge in [0.05, 0.1) is 4.47 Å². The van der Waals surface area contributed by atoms with Crippen molar-refractivity contribution < 1.29 is 0 Å². The van der Waals surface area contributed by atoms with E-state index in [1.165, 1.54) is 25.7 Å². The first-order valence-electron chi connectivity index (χ1n) is 5.08. The lowest BCUT2D eigenvalue weighted by Crippen LogP contribution is -2.19. The lowest BCUT2D eigenvalue weighted by Gasteiger charge is -2.22. The molecule has 1 aliphatic rings. The van der Waals surface area contributed by atoms with Crippen molar-refractivity contribution >= 4 is 21.7 Å². The van der Waals surface area contributed by atoms with Crippen molar-refractivity contribution in [2.45, 2.75) is 39.2 Å². The Bertz CT molecular complexity index is 307. The van der Waals surface area contributed by atoms with E-state index < -0.39 is 0 Å². The average Bonchev–Trinajstić information content (AvgIpc) is 2.62. The van der Waals surface area contributed by atoms with E-state index in [0.29, 0.717) is 11.2 Å². The standard InChI is InChI=1S/C10H16BrN3/c1-10(4-2-3-5-10)7-14-6-8(11)9(12)13-14/h6H,2-5,7H2,1H3,(H2,12,13). The van der Waals surface area contributed by atoms with E-state index in [2.05, 4.69) is 28.0 Å². The maximum Gasteiger partial charge on any atom is 0.159 e. The lowest BCUT2D eigenvalue weighted by atomic mass is 9.89. The molecule has 3 nitrogen and oxygen atoms in total. The predicted molar refractivity (Wildman–Crippen MR) is 60.9 cm³/mol. The number of aromatic nitrogens is 2. The summed E-state index contributed by atoms with van der Waals surface area (Å²) in [6.07, 6.45) is 7.30. The molecular formula is C10H16BrN3. The van der Waals surface area contributed by atoms with Crippen LogP contribution in [0, 0.1) is 5.41 Å². The number of hydrogen-bond donors (Lipinski definition) is 1. The van der Waals surface area contributed by atoms with E-state index in [1.807, 2.05) is 10.9 Å². The largest absolute Gasteiger partial charge is 0.381 e. The second-order valence-corrected chi connectivity index (χ2v) is 5.43. The summed E-state index contributed by atoms with van der Waals surface area (Å²) in [6.45, 7) is 3.33. The molecule has 1 heterocycles. The van der Waals surface area contributed by atoms with Crippen LogP contribution in [0.2, 0.25) is 0 Å². The zero-order chi connectivity index (χ0) is 10.2. The molecule has 1 fully saturated rings. The number of hydrogen-bond acceptors (Lipinski definition) is 2. The highest BCUT2D eigenvalue weighted by Gasteiger charge is 2.29. The molecule has 2 rings (SSSR count). The zero-order valence-corrected chi connectivity index (χ0v) is 10.0. The van der Waals surface area contributed by atoms with Crippen molar-refractivity contribution in [3.63, 3.8) is 0 Å². The van der Waals surface area contributed by atoms with Gasteiger partial charge in [-0.25, -0.2) is 0 Å². The second kappa shape index (κ2) is 3.57. The monoisotopic (exact) mass is 257 g/mol. The first-order chi connectivity index (χ1) is 6.59. The van der Waals surface area contributed by atoms with Gasteiger partial charge in [0.25, 0.3) is 0 Å². The highest BCUT2D eigenvalue weighted by atomic mass is 79.9. The Labute approximate surface area is 92.8 Å². The van der Waals surface area contributed by atoms with Gasteiger partial charge in [-0.2, -0.15) is 5.10 Å². The minimum Gasteiger partial charge on any atom is -0.381 e. The van der Waals surface area contributed by atoms with Gasteiger partial charge in [0.15, 0.2) is 5.82 Å². The molecule has 1 aromatic heterocycles. The molecule has 0 unspecified atom stereocenters. The number of halogens is 1. The minimum atomic E-state index is 0.428. The molecule has 0 spiro atoms. The molecule has 2 N–H and O–H groups in total. The van der Waals surface area contributed by atoms with Crippen molar-refractivity contribution in [2.75, 3.05) is 5.73 Å². The molecule has 0 atom stereocenters. The van der Waals surface area contributed by atoms with E-state index in [1.54, 1.807) is 0 Å². The minimum absolute atomic E-state index is 0.428. The van der Waals surface area contributed by atoms with Crippen molar-refractivity contribution in [3.05, 3.63) is 10.7 Å². The molecule has 0 aliphatic heterocycles. The topological polar surface area (TPSA) is 43.8 Å². The van der Waals surface area contributed by atoms with Crippen molar-refractivity contribution in [2.24, 2.45) is 5.41 Å². The molecule has 1 aliphatic carbocycles. The van der Waals surface area contributed by atoms with Gasteiger partial charge in [-0.1, -0.05) is 19.8 Å². The molecule has 4 heteroatoms. The number of nitrogen functional groups attached to an aromatic ring is 1. The zero-order valence-electron chi connectivity index (χ0n) is 8.46. The van der Waals surface area contributed by atoms with Gasteiger partial charge in [0, 0.05) is 12.7 Å². The van der Waals surface area contributed by atoms with Crippen molar-refractivity contribution in [3.8, 4) is 0 Å². The molecular weight excluding hydrogens is 242 g/mol. The second-order valence-electron chi connectivity index (χ2n) is 4.58. The smallest absolute Gasteiger partial charge is 0.159 e. The van der Waals surface area contributed by atoms with E-state index >= 15 is 0 Å². The van der Waals surface area contributed by atoms with Crippen LogP contribution >= 0.6 is 15.9 Å². The van der Waals surface area contributed by atoms with Crippen LogP contribution in [0.4, 0.5) is 5.82 Å². The van der Waals surface area contributed by atoms with Gasteiger partial charge >= 0.3 is 0 Å². The Balaban J connectivity index is 2.10. The van der Waals surface area contributed by atoms with Gasteiger partial charge in [-0.05, 0) is 34.2 Å². The third kappa shape index (κ3) is 1.95. The molecule has 0 amide bonds. The number of rotatable bonds is 2. The summed E-state index contributed by atoms with van der Waals surface area (Å²) in [7, 11) is 0. The van der Waals surface area contributed by atoms with Crippen molar-refractivity contribution in [1.82, 2.24) is 9.78 Å². The highest BCUT2D eigenvalue weighted by Crippen LogP contribution is 2.39. The Morgan fingerprint density at radius 2 is 2.21 bits per heavy atom. The summed E-state index contributed by atoms with van der Waals surface area (Å²) in [5.41, 5.74) is 6.11. The van der Waals surface area contributed by atoms with Gasteiger partial charge in [0.2, 0.25) is 0 Å². The van der Waals surface area contributed by atoms with E-state index in [4.69, 9.17) is 5.73 Å². The van der Waals surface area contributed by atoms with E-state index in [0.717, 1.165) is 11.0 Å². The molecule has 0 saturated heterocycles. The summed E-state index contributed by atoms with van der Waals surface area (Å²) in [6, 6.07) is 0. The first-order valence-corrected chi connectivity index (χ1v) is 5.87. The molecule has 0 aromatic carbocycles. The van der Waals surface area contributed by atoms with Crippen LogP contribution in [0.3, 0.4) is 0 Å². The van der Waals surface area contributed by atoms with Crippen molar-refractivity contribution in [1.29, 1.82) is 0 Å². The summed E-state index contributed by atoms with van der Waals surface area (Å²) in [5.74, 6) is 0.589. The molecule has 0 radical (unpaired) electrons. The van der Waals surface area contributed by atoms with Crippen LogP contribution in [-0.4, -0.2) is 9.78 Å². The first kappa shape index (κ1) is 10.0. The Morgan fingerprint density at radius 3 is 2.71 bits per heavy atom. The summed E-state index contributed by atoms with van der Waals surface area (Å²) in [5, 5.41) is 4.27. The fraction of sp³-hybridized carbons (Fsp3) is 0.700. The Hall–Kier alpha value is -0.510. The average molecular weight is 258 g/mol. The molecule has 14 heavy (non-hydrogen) atoms. The number of nitrogens with zero attached hydrogens (tertiary/aromatic N) is 2. The third-order valence-corrected chi connectivity index (χ3v) is 3.71. The van der Waals surface area contributed by atoms with Crippen LogP contribution in [0.15, 0.2) is 10.7 Å². The molecule has 1 aromatic rings. The Kier molecular flexibility index (Phi) is 2.56. The van der Waals surface area contributed by atoms with Gasteiger partial charge in [-0.15, -0.1) is 0 Å². The maximum absolute atomic E-state index is 5.68. The van der Waals surface area contributed by atoms with E-state index in [9.17, 15) is 0 Å². The van der Waals surface area contributed by atoms with Gasteiger partial charge < -0.3 is 5.73 Å². The molecule has 0 bridgehead atoms. The van der Waals surface area contributed by atoms with Crippen LogP contribution in [0.5, 0.6) is 0 Å². The van der Waals surface area contributed by atoms with Crippen LogP contribution in [0.25, 0.3) is 0 Å². The van der Waals surface area contributed by atoms with Gasteiger partial charge in [-0.3, -0.25) is 4.68 Å². The number of nitrogens with two attached hydrogens (primary N) is 1. The Morgan fingerprint density at radius 1 is 1.57 bits per heavy atom. The van der Waals surface area contributed by atoms with Crippen LogP contribution in [-0.2, 0) is 6.54 Å². The van der Waals surface area contributed by atoms with Gasteiger partial charge in [0.1, 0.15) is 0 Å². The van der Waals surface area contributed by atoms with Crippen LogP contribution < -0.4 is 5.73 Å². The predicted octanol–water partition coefficient (Wildman–Crippen LogP) is 2.81. The molecule has 78 valence electrons. The summed E-state index contributed by atoms with van der Waals surface area (Å²) >= 11 is 3.37. The van der Waals surface area contributed by atoms with Crippen LogP contribution in [0.1, 0.15) is 32.6 Å². The fourth-order valence-electron chi connectivity index (χ4n) is 2.27. The lowest BCUT2D eigenvalue weighted by molar-refractivity contribution is 0.268. The summed E-state index contributed by atoms with van der Waals surface area (Å²) < 4.78 is 2.86. The normalized spacial score (nSPS) is 20.1. The maximum atomic E-state index is 5.68. The highest BCUT2D eigenvalue weighted by molar-refractivity contribution is 9.10. The quantitative estimate of drug-likeness (QED) is 0.886. The third-order valence-electron chi connectivity index (χ3n) is 3.10. The summed E-state index contributed by atoms with van der Waals surface area (Å²) in [4.78, 5) is 0. The SMILES string of the molecule is CC1(Cn2cc(Br)c(N)n2)CCCC1. The molecule has 1 saturated carbocycles.